The van der Waals surface area contributed by atoms with Crippen molar-refractivity contribution in [3.8, 4) is 0 Å². The van der Waals surface area contributed by atoms with Gasteiger partial charge in [0.1, 0.15) is 0 Å². The predicted molar refractivity (Wildman–Crippen MR) is 36.1 cm³/mol. The molecule has 9 heteroatoms. The van der Waals surface area contributed by atoms with E-state index in [4.69, 9.17) is 34.8 Å². The van der Waals surface area contributed by atoms with Crippen molar-refractivity contribution in [2.45, 2.75) is 22.3 Å². The smallest absolute Gasteiger partial charge is 0.302 e. The lowest BCUT2D eigenvalue weighted by Gasteiger charge is -2.17. The van der Waals surface area contributed by atoms with Gasteiger partial charge >= 0.3 is 11.5 Å². The number of hydrogen-bond donors (Lipinski definition) is 0. The number of hydrogen-bond acceptors (Lipinski definition) is 2. The molecule has 1 fully saturated rings. The largest absolute Gasteiger partial charge is 0.440 e. The Morgan fingerprint density at radius 2 is 1.54 bits per heavy atom. The Balaban J connectivity index is 2.83. The highest BCUT2D eigenvalue weighted by Gasteiger charge is 2.66. The number of halogens is 7. The summed E-state index contributed by atoms with van der Waals surface area (Å²) in [5, 5.41) is -3.42. The standard InChI is InChI=1S/C4HCl3F4O2/c5-3(6)4(7,11)13-1(12-3)2(8,9)10/h1H. The summed E-state index contributed by atoms with van der Waals surface area (Å²) in [6.07, 6.45) is -7.82. The van der Waals surface area contributed by atoms with Crippen LogP contribution in [0.4, 0.5) is 17.6 Å². The second kappa shape index (κ2) is 3.00. The highest BCUT2D eigenvalue weighted by Crippen LogP contribution is 2.52. The van der Waals surface area contributed by atoms with Crippen LogP contribution in [0, 0.1) is 0 Å². The van der Waals surface area contributed by atoms with Crippen LogP contribution in [-0.2, 0) is 9.47 Å². The third kappa shape index (κ3) is 2.12. The zero-order valence-corrected chi connectivity index (χ0v) is 7.81. The van der Waals surface area contributed by atoms with Gasteiger partial charge in [-0.1, -0.05) is 23.2 Å². The monoisotopic (exact) mass is 262 g/mol. The van der Waals surface area contributed by atoms with Crippen LogP contribution < -0.4 is 0 Å². The Bertz CT molecular complexity index is 200. The van der Waals surface area contributed by atoms with Crippen molar-refractivity contribution < 1.29 is 27.0 Å². The van der Waals surface area contributed by atoms with E-state index in [1.54, 1.807) is 0 Å². The molecule has 1 heterocycles. The lowest BCUT2D eigenvalue weighted by Crippen LogP contribution is -2.33. The summed E-state index contributed by atoms with van der Waals surface area (Å²) in [7, 11) is 0. The van der Waals surface area contributed by atoms with Gasteiger partial charge < -0.3 is 4.74 Å². The van der Waals surface area contributed by atoms with E-state index in [0.29, 0.717) is 0 Å². The molecular weight excluding hydrogens is 262 g/mol. The molecular formula is C4HCl3F4O2. The summed E-state index contributed by atoms with van der Waals surface area (Å²) in [6.45, 7) is 0. The molecule has 0 radical (unpaired) electrons. The minimum Gasteiger partial charge on any atom is -0.302 e. The van der Waals surface area contributed by atoms with Crippen molar-refractivity contribution in [1.82, 2.24) is 0 Å². The maximum atomic E-state index is 12.8. The Labute approximate surface area is 84.6 Å². The maximum absolute atomic E-state index is 12.8. The van der Waals surface area contributed by atoms with Crippen LogP contribution in [0.5, 0.6) is 0 Å². The van der Waals surface area contributed by atoms with Gasteiger partial charge in [-0.3, -0.25) is 4.74 Å². The fourth-order valence-corrected chi connectivity index (χ4v) is 0.940. The van der Waals surface area contributed by atoms with Crippen molar-refractivity contribution in [2.75, 3.05) is 0 Å². The molecule has 0 N–H and O–H groups in total. The Hall–Kier alpha value is 0.510. The van der Waals surface area contributed by atoms with Crippen molar-refractivity contribution in [3.05, 3.63) is 0 Å². The molecule has 0 aromatic heterocycles. The first-order valence-electron chi connectivity index (χ1n) is 2.74. The van der Waals surface area contributed by atoms with Gasteiger partial charge in [0, 0.05) is 0 Å². The van der Waals surface area contributed by atoms with E-state index < -0.39 is 22.3 Å². The lowest BCUT2D eigenvalue weighted by molar-refractivity contribution is -0.287. The molecule has 2 atom stereocenters. The topological polar surface area (TPSA) is 18.5 Å². The highest BCUT2D eigenvalue weighted by molar-refractivity contribution is 6.51. The average Bonchev–Trinajstić information content (AvgIpc) is 2.00. The molecule has 0 aromatic carbocycles. The van der Waals surface area contributed by atoms with Crippen molar-refractivity contribution in [3.63, 3.8) is 0 Å². The van der Waals surface area contributed by atoms with Gasteiger partial charge in [0.05, 0.1) is 0 Å². The lowest BCUT2D eigenvalue weighted by atomic mass is 10.6. The molecule has 1 aliphatic rings. The van der Waals surface area contributed by atoms with Crippen LogP contribution in [0.1, 0.15) is 0 Å². The van der Waals surface area contributed by atoms with Gasteiger partial charge in [-0.05, 0) is 11.6 Å². The number of alkyl halides is 7. The quantitative estimate of drug-likeness (QED) is 0.494. The summed E-state index contributed by atoms with van der Waals surface area (Å²) < 4.78 is 52.9. The SMILES string of the molecule is FC(F)(F)C1OC(F)(Cl)C(Cl)(Cl)O1. The van der Waals surface area contributed by atoms with Gasteiger partial charge in [-0.15, -0.1) is 0 Å². The molecule has 78 valence electrons. The molecule has 13 heavy (non-hydrogen) atoms. The molecule has 2 unspecified atom stereocenters. The Morgan fingerprint density at radius 3 is 1.69 bits per heavy atom. The average molecular weight is 263 g/mol. The van der Waals surface area contributed by atoms with Gasteiger partial charge in [0.15, 0.2) is 0 Å². The van der Waals surface area contributed by atoms with E-state index in [0.717, 1.165) is 0 Å². The molecule has 1 saturated heterocycles. The minimum absolute atomic E-state index is 2.87. The van der Waals surface area contributed by atoms with E-state index in [9.17, 15) is 17.6 Å². The van der Waals surface area contributed by atoms with Crippen LogP contribution >= 0.6 is 34.8 Å². The molecule has 0 bridgehead atoms. The van der Waals surface area contributed by atoms with Crippen molar-refractivity contribution in [2.24, 2.45) is 0 Å². The van der Waals surface area contributed by atoms with E-state index in [-0.39, 0.29) is 0 Å². The van der Waals surface area contributed by atoms with Crippen LogP contribution in [0.3, 0.4) is 0 Å². The van der Waals surface area contributed by atoms with Crippen molar-refractivity contribution >= 4 is 34.8 Å². The molecule has 0 amide bonds. The Kier molecular flexibility index (Phi) is 2.67. The van der Waals surface area contributed by atoms with Crippen LogP contribution in [0.2, 0.25) is 0 Å². The molecule has 0 aliphatic carbocycles. The van der Waals surface area contributed by atoms with E-state index in [2.05, 4.69) is 9.47 Å². The molecule has 0 saturated carbocycles. The van der Waals surface area contributed by atoms with Gasteiger partial charge in [-0.2, -0.15) is 17.6 Å². The fourth-order valence-electron chi connectivity index (χ4n) is 0.564. The number of rotatable bonds is 0. The van der Waals surface area contributed by atoms with Crippen LogP contribution in [0.25, 0.3) is 0 Å². The first-order valence-corrected chi connectivity index (χ1v) is 3.88. The predicted octanol–water partition coefficient (Wildman–Crippen LogP) is 2.92. The highest BCUT2D eigenvalue weighted by atomic mass is 35.5. The van der Waals surface area contributed by atoms with Crippen LogP contribution in [-0.4, -0.2) is 22.3 Å². The maximum Gasteiger partial charge on any atom is 0.440 e. The minimum atomic E-state index is -4.95. The zero-order chi connectivity index (χ0) is 10.5. The number of ether oxygens (including phenoxy) is 2. The Morgan fingerprint density at radius 1 is 1.08 bits per heavy atom. The second-order valence-corrected chi connectivity index (χ2v) is 3.89. The summed E-state index contributed by atoms with van der Waals surface area (Å²) >= 11 is 14.7. The van der Waals surface area contributed by atoms with Gasteiger partial charge in [0.2, 0.25) is 0 Å². The molecule has 1 rings (SSSR count). The molecule has 0 aromatic rings. The summed E-state index contributed by atoms with van der Waals surface area (Å²) in [6, 6.07) is 0. The summed E-state index contributed by atoms with van der Waals surface area (Å²) in [5.41, 5.74) is 0. The first-order chi connectivity index (χ1) is 5.56. The van der Waals surface area contributed by atoms with Gasteiger partial charge in [0.25, 0.3) is 10.8 Å². The second-order valence-electron chi connectivity index (χ2n) is 2.14. The third-order valence-corrected chi connectivity index (χ3v) is 2.33. The van der Waals surface area contributed by atoms with E-state index in [1.165, 1.54) is 0 Å². The first kappa shape index (κ1) is 11.6. The normalized spacial score (nSPS) is 39.5. The molecule has 1 aliphatic heterocycles. The zero-order valence-electron chi connectivity index (χ0n) is 5.54. The van der Waals surface area contributed by atoms with E-state index >= 15 is 0 Å². The van der Waals surface area contributed by atoms with E-state index in [1.807, 2.05) is 0 Å². The molecule has 2 nitrogen and oxygen atoms in total. The third-order valence-electron chi connectivity index (χ3n) is 1.12. The summed E-state index contributed by atoms with van der Waals surface area (Å²) in [4.78, 5) is 0. The van der Waals surface area contributed by atoms with Crippen LogP contribution in [0.15, 0.2) is 0 Å². The van der Waals surface area contributed by atoms with Crippen molar-refractivity contribution in [1.29, 1.82) is 0 Å². The van der Waals surface area contributed by atoms with Gasteiger partial charge in [-0.25, -0.2) is 0 Å². The summed E-state index contributed by atoms with van der Waals surface area (Å²) in [5.74, 6) is 0. The molecule has 0 spiro atoms. The fraction of sp³-hybridized carbons (Fsp3) is 1.00.